The lowest BCUT2D eigenvalue weighted by atomic mass is 9.82. The van der Waals surface area contributed by atoms with E-state index in [0.717, 1.165) is 19.3 Å². The predicted octanol–water partition coefficient (Wildman–Crippen LogP) is 4.07. The number of hydrogen-bond donors (Lipinski definition) is 0. The van der Waals surface area contributed by atoms with Crippen LogP contribution in [0, 0.1) is 0 Å². The van der Waals surface area contributed by atoms with Crippen molar-refractivity contribution in [2.24, 2.45) is 0 Å². The molecule has 1 aromatic carbocycles. The zero-order valence-corrected chi connectivity index (χ0v) is 13.0. The lowest BCUT2D eigenvalue weighted by Gasteiger charge is -2.21. The third-order valence-electron chi connectivity index (χ3n) is 4.00. The van der Waals surface area contributed by atoms with Crippen molar-refractivity contribution in [2.75, 3.05) is 14.2 Å². The summed E-state index contributed by atoms with van der Waals surface area (Å²) in [4.78, 5) is 14.2. The normalized spacial score (nSPS) is 17.1. The summed E-state index contributed by atoms with van der Waals surface area (Å²) in [6.45, 7) is 0. The second-order valence-corrected chi connectivity index (χ2v) is 6.21. The van der Waals surface area contributed by atoms with E-state index >= 15 is 0 Å². The molecule has 0 spiro atoms. The van der Waals surface area contributed by atoms with E-state index in [-0.39, 0.29) is 11.7 Å². The summed E-state index contributed by atoms with van der Waals surface area (Å²) in [7, 11) is 3.20. The van der Waals surface area contributed by atoms with Crippen molar-refractivity contribution in [2.45, 2.75) is 25.2 Å². The zero-order chi connectivity index (χ0) is 14.8. The molecule has 3 nitrogen and oxygen atoms in total. The van der Waals surface area contributed by atoms with Crippen LogP contribution in [-0.4, -0.2) is 20.0 Å². The van der Waals surface area contributed by atoms with Crippen LogP contribution >= 0.6 is 11.3 Å². The Morgan fingerprint density at radius 2 is 1.90 bits per heavy atom. The molecule has 4 heteroatoms. The van der Waals surface area contributed by atoms with E-state index < -0.39 is 0 Å². The minimum Gasteiger partial charge on any atom is -0.497 e. The molecule has 21 heavy (non-hydrogen) atoms. The first-order valence-corrected chi connectivity index (χ1v) is 7.94. The fourth-order valence-corrected chi connectivity index (χ4v) is 3.90. The fourth-order valence-electron chi connectivity index (χ4n) is 2.91. The first-order valence-electron chi connectivity index (χ1n) is 7.06. The fraction of sp³-hybridized carbons (Fsp3) is 0.353. The van der Waals surface area contributed by atoms with Crippen molar-refractivity contribution in [1.82, 2.24) is 0 Å². The van der Waals surface area contributed by atoms with Gasteiger partial charge in [0.25, 0.3) is 0 Å². The Morgan fingerprint density at radius 3 is 2.57 bits per heavy atom. The highest BCUT2D eigenvalue weighted by Gasteiger charge is 2.28. The lowest BCUT2D eigenvalue weighted by Crippen LogP contribution is -2.17. The maximum Gasteiger partial charge on any atom is 0.170 e. The molecule has 0 saturated heterocycles. The number of fused-ring (bicyclic) bond motifs is 1. The number of ether oxygens (including phenoxy) is 2. The maximum absolute atomic E-state index is 12.9. The number of carbonyl (C=O) groups excluding carboxylic acids is 1. The summed E-state index contributed by atoms with van der Waals surface area (Å²) in [5, 5.41) is 2.09. The number of carbonyl (C=O) groups is 1. The molecule has 1 aliphatic carbocycles. The largest absolute Gasteiger partial charge is 0.497 e. The van der Waals surface area contributed by atoms with Crippen molar-refractivity contribution < 1.29 is 14.3 Å². The second-order valence-electron chi connectivity index (χ2n) is 5.21. The molecule has 1 aromatic heterocycles. The molecule has 0 fully saturated rings. The van der Waals surface area contributed by atoms with E-state index in [9.17, 15) is 4.79 Å². The molecule has 110 valence electrons. The topological polar surface area (TPSA) is 35.5 Å². The Balaban J connectivity index is 1.96. The van der Waals surface area contributed by atoms with Crippen molar-refractivity contribution >= 4 is 17.1 Å². The van der Waals surface area contributed by atoms with E-state index in [1.165, 1.54) is 10.4 Å². The van der Waals surface area contributed by atoms with Gasteiger partial charge < -0.3 is 9.47 Å². The molecule has 1 unspecified atom stereocenters. The predicted molar refractivity (Wildman–Crippen MR) is 83.9 cm³/mol. The average Bonchev–Trinajstić information content (AvgIpc) is 3.02. The second kappa shape index (κ2) is 5.90. The van der Waals surface area contributed by atoms with Gasteiger partial charge in [-0.2, -0.15) is 0 Å². The van der Waals surface area contributed by atoms with E-state index in [4.69, 9.17) is 9.47 Å². The standard InChI is InChI=1S/C17H18O3S/c1-19-12-8-11(9-13(10-12)20-2)17(18)15-4-3-5-16-14(15)6-7-21-16/h6-10,15H,3-5H2,1-2H3. The number of thiophene rings is 1. The van der Waals surface area contributed by atoms with Gasteiger partial charge in [-0.15, -0.1) is 11.3 Å². The highest BCUT2D eigenvalue weighted by Crippen LogP contribution is 2.37. The minimum absolute atomic E-state index is 0.0307. The van der Waals surface area contributed by atoms with Crippen molar-refractivity contribution in [3.05, 3.63) is 45.6 Å². The summed E-state index contributed by atoms with van der Waals surface area (Å²) >= 11 is 1.76. The Labute approximate surface area is 128 Å². The first kappa shape index (κ1) is 14.1. The van der Waals surface area contributed by atoms with Gasteiger partial charge in [0, 0.05) is 22.4 Å². The molecule has 0 bridgehead atoms. The summed E-state index contributed by atoms with van der Waals surface area (Å²) < 4.78 is 10.5. The molecule has 2 aromatic rings. The van der Waals surface area contributed by atoms with Gasteiger partial charge in [0.1, 0.15) is 11.5 Å². The molecule has 1 heterocycles. The zero-order valence-electron chi connectivity index (χ0n) is 12.2. The van der Waals surface area contributed by atoms with E-state index in [2.05, 4.69) is 11.4 Å². The van der Waals surface area contributed by atoms with Crippen LogP contribution in [-0.2, 0) is 6.42 Å². The quantitative estimate of drug-likeness (QED) is 0.799. The number of hydrogen-bond acceptors (Lipinski definition) is 4. The minimum atomic E-state index is -0.0307. The van der Waals surface area contributed by atoms with Gasteiger partial charge in [0.15, 0.2) is 5.78 Å². The monoisotopic (exact) mass is 302 g/mol. The maximum atomic E-state index is 12.9. The van der Waals surface area contributed by atoms with Crippen LogP contribution in [0.5, 0.6) is 11.5 Å². The number of rotatable bonds is 4. The highest BCUT2D eigenvalue weighted by atomic mass is 32.1. The molecule has 0 aliphatic heterocycles. The van der Waals surface area contributed by atoms with E-state index in [1.54, 1.807) is 43.8 Å². The van der Waals surface area contributed by atoms with Gasteiger partial charge in [0.05, 0.1) is 14.2 Å². The van der Waals surface area contributed by atoms with Crippen LogP contribution in [0.1, 0.15) is 39.6 Å². The van der Waals surface area contributed by atoms with Crippen LogP contribution < -0.4 is 9.47 Å². The molecule has 0 amide bonds. The summed E-state index contributed by atoms with van der Waals surface area (Å²) in [6.07, 6.45) is 3.09. The Kier molecular flexibility index (Phi) is 3.97. The highest BCUT2D eigenvalue weighted by molar-refractivity contribution is 7.10. The van der Waals surface area contributed by atoms with Gasteiger partial charge in [-0.25, -0.2) is 0 Å². The van der Waals surface area contributed by atoms with Gasteiger partial charge in [-0.3, -0.25) is 4.79 Å². The van der Waals surface area contributed by atoms with Crippen molar-refractivity contribution in [3.63, 3.8) is 0 Å². The third-order valence-corrected chi connectivity index (χ3v) is 5.00. The SMILES string of the molecule is COc1cc(OC)cc(C(=O)C2CCCc3sccc32)c1. The number of benzene rings is 1. The molecule has 0 saturated carbocycles. The van der Waals surface area contributed by atoms with Crippen molar-refractivity contribution in [1.29, 1.82) is 0 Å². The summed E-state index contributed by atoms with van der Waals surface area (Å²) in [6, 6.07) is 7.48. The van der Waals surface area contributed by atoms with Gasteiger partial charge in [0.2, 0.25) is 0 Å². The summed E-state index contributed by atoms with van der Waals surface area (Å²) in [5.41, 5.74) is 1.87. The Morgan fingerprint density at radius 1 is 1.19 bits per heavy atom. The van der Waals surface area contributed by atoms with E-state index in [1.807, 2.05) is 0 Å². The molecular weight excluding hydrogens is 284 g/mol. The number of Topliss-reactive ketones (excluding diaryl/α,β-unsaturated/α-hetero) is 1. The van der Waals surface area contributed by atoms with Gasteiger partial charge in [-0.1, -0.05) is 0 Å². The molecule has 0 radical (unpaired) electrons. The molecular formula is C17H18O3S. The van der Waals surface area contributed by atoms with Crippen LogP contribution in [0.3, 0.4) is 0 Å². The molecule has 1 atom stereocenters. The van der Waals surface area contributed by atoms with Crippen LogP contribution in [0.2, 0.25) is 0 Å². The van der Waals surface area contributed by atoms with E-state index in [0.29, 0.717) is 17.1 Å². The Hall–Kier alpha value is -1.81. The van der Waals surface area contributed by atoms with Crippen LogP contribution in [0.4, 0.5) is 0 Å². The number of ketones is 1. The molecule has 0 N–H and O–H groups in total. The third kappa shape index (κ3) is 2.68. The van der Waals surface area contributed by atoms with Gasteiger partial charge >= 0.3 is 0 Å². The lowest BCUT2D eigenvalue weighted by molar-refractivity contribution is 0.0950. The Bertz CT molecular complexity index is 638. The number of aryl methyl sites for hydroxylation is 1. The first-order chi connectivity index (χ1) is 10.2. The molecule has 3 rings (SSSR count). The summed E-state index contributed by atoms with van der Waals surface area (Å²) in [5.74, 6) is 1.43. The van der Waals surface area contributed by atoms with Crippen molar-refractivity contribution in [3.8, 4) is 11.5 Å². The average molecular weight is 302 g/mol. The van der Waals surface area contributed by atoms with Crippen LogP contribution in [0.25, 0.3) is 0 Å². The number of methoxy groups -OCH3 is 2. The molecule has 1 aliphatic rings. The van der Waals surface area contributed by atoms with Gasteiger partial charge in [-0.05, 0) is 48.4 Å². The smallest absolute Gasteiger partial charge is 0.170 e. The van der Waals surface area contributed by atoms with Crippen LogP contribution in [0.15, 0.2) is 29.6 Å².